The topological polar surface area (TPSA) is 0 Å². The summed E-state index contributed by atoms with van der Waals surface area (Å²) in [6.45, 7) is 2.24. The minimum absolute atomic E-state index is 0.718. The van der Waals surface area contributed by atoms with Crippen molar-refractivity contribution in [2.45, 2.75) is 32.1 Å². The molecule has 0 spiro atoms. The first kappa shape index (κ1) is 9.97. The Bertz CT molecular complexity index is 352. The van der Waals surface area contributed by atoms with E-state index in [0.29, 0.717) is 0 Å². The van der Waals surface area contributed by atoms with Crippen molar-refractivity contribution in [1.29, 1.82) is 0 Å². The molecule has 0 N–H and O–H groups in total. The van der Waals surface area contributed by atoms with Gasteiger partial charge in [-0.05, 0) is 43.7 Å². The molecular weight excluding hydrogens is 236 g/mol. The number of allylic oxidation sites excluding steroid dienone is 2. The van der Waals surface area contributed by atoms with Crippen molar-refractivity contribution in [3.8, 4) is 0 Å². The van der Waals surface area contributed by atoms with Crippen LogP contribution in [0.4, 0.5) is 0 Å². The molecule has 0 nitrogen and oxygen atoms in total. The van der Waals surface area contributed by atoms with Crippen LogP contribution in [0.25, 0.3) is 0 Å². The van der Waals surface area contributed by atoms with E-state index in [1.165, 1.54) is 34.9 Å². The molecule has 1 aromatic rings. The van der Waals surface area contributed by atoms with Crippen molar-refractivity contribution in [1.82, 2.24) is 0 Å². The Labute approximate surface area is 94.2 Å². The molecule has 0 bridgehead atoms. The molecule has 0 heterocycles. The van der Waals surface area contributed by atoms with Gasteiger partial charge in [-0.2, -0.15) is 0 Å². The van der Waals surface area contributed by atoms with Crippen LogP contribution in [0.1, 0.15) is 37.7 Å². The Hall–Kier alpha value is -0.560. The fraction of sp³-hybridized carbons (Fsp3) is 0.385. The first-order chi connectivity index (χ1) is 6.77. The molecular formula is C13H15Br. The van der Waals surface area contributed by atoms with Crippen LogP contribution in [-0.4, -0.2) is 0 Å². The lowest BCUT2D eigenvalue weighted by Crippen LogP contribution is -2.04. The molecule has 1 aliphatic carbocycles. The average Bonchev–Trinajstić information content (AvgIpc) is 2.18. The quantitative estimate of drug-likeness (QED) is 0.636. The number of benzene rings is 1. The van der Waals surface area contributed by atoms with Crippen LogP contribution in [0, 0.1) is 0 Å². The molecule has 2 rings (SSSR count). The Kier molecular flexibility index (Phi) is 3.07. The van der Waals surface area contributed by atoms with Crippen molar-refractivity contribution in [3.63, 3.8) is 0 Å². The first-order valence-corrected chi connectivity index (χ1v) is 5.96. The molecule has 1 atom stereocenters. The second-order valence-electron chi connectivity index (χ2n) is 4.05. The van der Waals surface area contributed by atoms with Gasteiger partial charge in [0.1, 0.15) is 0 Å². The molecule has 0 saturated heterocycles. The Morgan fingerprint density at radius 1 is 1.29 bits per heavy atom. The number of rotatable bonds is 1. The van der Waals surface area contributed by atoms with Crippen LogP contribution in [0.15, 0.2) is 40.4 Å². The monoisotopic (exact) mass is 250 g/mol. The zero-order chi connectivity index (χ0) is 9.97. The summed E-state index contributed by atoms with van der Waals surface area (Å²) in [6, 6.07) is 8.60. The van der Waals surface area contributed by atoms with Gasteiger partial charge in [-0.3, -0.25) is 0 Å². The Morgan fingerprint density at radius 3 is 2.79 bits per heavy atom. The smallest absolute Gasteiger partial charge is 0.0210 e. The van der Waals surface area contributed by atoms with E-state index in [4.69, 9.17) is 0 Å². The number of halogens is 1. The molecule has 0 fully saturated rings. The van der Waals surface area contributed by atoms with E-state index in [1.807, 2.05) is 0 Å². The summed E-state index contributed by atoms with van der Waals surface area (Å²) < 4.78 is 1.26. The molecule has 74 valence electrons. The molecule has 0 aliphatic heterocycles. The van der Waals surface area contributed by atoms with Gasteiger partial charge in [-0.15, -0.1) is 0 Å². The van der Waals surface area contributed by atoms with E-state index in [-0.39, 0.29) is 0 Å². The van der Waals surface area contributed by atoms with Gasteiger partial charge in [0, 0.05) is 4.47 Å². The highest BCUT2D eigenvalue weighted by molar-refractivity contribution is 9.10. The molecule has 1 heteroatoms. The predicted octanol–water partition coefficient (Wildman–Crippen LogP) is 4.66. The van der Waals surface area contributed by atoms with Gasteiger partial charge >= 0.3 is 0 Å². The summed E-state index contributed by atoms with van der Waals surface area (Å²) in [6.07, 6.45) is 6.12. The standard InChI is InChI=1S/C13H15Br/c1-10-5-4-6-11(9-10)12-7-2-3-8-13(12)14/h2-3,5,7-8,11H,4,6,9H2,1H3. The van der Waals surface area contributed by atoms with E-state index in [2.05, 4.69) is 53.2 Å². The Morgan fingerprint density at radius 2 is 2.07 bits per heavy atom. The third-order valence-corrected chi connectivity index (χ3v) is 3.64. The van der Waals surface area contributed by atoms with E-state index < -0.39 is 0 Å². The van der Waals surface area contributed by atoms with Crippen molar-refractivity contribution in [2.75, 3.05) is 0 Å². The van der Waals surface area contributed by atoms with Gasteiger partial charge in [0.05, 0.1) is 0 Å². The molecule has 0 radical (unpaired) electrons. The zero-order valence-corrected chi connectivity index (χ0v) is 10.0. The Balaban J connectivity index is 2.24. The lowest BCUT2D eigenvalue weighted by atomic mass is 9.84. The first-order valence-electron chi connectivity index (χ1n) is 5.17. The van der Waals surface area contributed by atoms with E-state index in [1.54, 1.807) is 0 Å². The molecule has 1 unspecified atom stereocenters. The van der Waals surface area contributed by atoms with Gasteiger partial charge in [0.25, 0.3) is 0 Å². The summed E-state index contributed by atoms with van der Waals surface area (Å²) in [7, 11) is 0. The van der Waals surface area contributed by atoms with Gasteiger partial charge in [-0.25, -0.2) is 0 Å². The normalized spacial score (nSPS) is 21.9. The van der Waals surface area contributed by atoms with Crippen LogP contribution in [0.5, 0.6) is 0 Å². The molecule has 0 amide bonds. The van der Waals surface area contributed by atoms with E-state index in [0.717, 1.165) is 5.92 Å². The van der Waals surface area contributed by atoms with Crippen LogP contribution in [0.2, 0.25) is 0 Å². The highest BCUT2D eigenvalue weighted by atomic mass is 79.9. The molecule has 1 aliphatic rings. The summed E-state index contributed by atoms with van der Waals surface area (Å²) >= 11 is 3.63. The van der Waals surface area contributed by atoms with Gasteiger partial charge in [-0.1, -0.05) is 45.8 Å². The highest BCUT2D eigenvalue weighted by Crippen LogP contribution is 2.35. The van der Waals surface area contributed by atoms with Gasteiger partial charge in [0.15, 0.2) is 0 Å². The van der Waals surface area contributed by atoms with Gasteiger partial charge in [0.2, 0.25) is 0 Å². The third kappa shape index (κ3) is 2.09. The summed E-state index contributed by atoms with van der Waals surface area (Å²) in [5.74, 6) is 0.718. The van der Waals surface area contributed by atoms with Crippen molar-refractivity contribution >= 4 is 15.9 Å². The highest BCUT2D eigenvalue weighted by Gasteiger charge is 2.16. The minimum atomic E-state index is 0.718. The average molecular weight is 251 g/mol. The maximum Gasteiger partial charge on any atom is 0.0210 e. The van der Waals surface area contributed by atoms with Crippen LogP contribution >= 0.6 is 15.9 Å². The maximum absolute atomic E-state index is 3.63. The SMILES string of the molecule is CC1=CCCC(c2ccccc2Br)C1. The van der Waals surface area contributed by atoms with Crippen molar-refractivity contribution in [2.24, 2.45) is 0 Å². The minimum Gasteiger partial charge on any atom is -0.0856 e. The summed E-state index contributed by atoms with van der Waals surface area (Å²) in [5.41, 5.74) is 3.01. The largest absolute Gasteiger partial charge is 0.0856 e. The predicted molar refractivity (Wildman–Crippen MR) is 64.5 cm³/mol. The van der Waals surface area contributed by atoms with Crippen molar-refractivity contribution in [3.05, 3.63) is 46.0 Å². The van der Waals surface area contributed by atoms with Crippen LogP contribution in [-0.2, 0) is 0 Å². The summed E-state index contributed by atoms with van der Waals surface area (Å²) in [4.78, 5) is 0. The van der Waals surface area contributed by atoms with Crippen molar-refractivity contribution < 1.29 is 0 Å². The van der Waals surface area contributed by atoms with E-state index >= 15 is 0 Å². The molecule has 0 saturated carbocycles. The number of hydrogen-bond donors (Lipinski definition) is 0. The molecule has 0 aromatic heterocycles. The lowest BCUT2D eigenvalue weighted by Gasteiger charge is -2.22. The van der Waals surface area contributed by atoms with Crippen LogP contribution < -0.4 is 0 Å². The second kappa shape index (κ2) is 4.31. The molecule has 1 aromatic carbocycles. The zero-order valence-electron chi connectivity index (χ0n) is 8.46. The third-order valence-electron chi connectivity index (χ3n) is 2.92. The number of hydrogen-bond acceptors (Lipinski definition) is 0. The fourth-order valence-electron chi connectivity index (χ4n) is 2.18. The van der Waals surface area contributed by atoms with Crippen LogP contribution in [0.3, 0.4) is 0 Å². The van der Waals surface area contributed by atoms with E-state index in [9.17, 15) is 0 Å². The van der Waals surface area contributed by atoms with Gasteiger partial charge < -0.3 is 0 Å². The maximum atomic E-state index is 3.63. The fourth-order valence-corrected chi connectivity index (χ4v) is 2.79. The summed E-state index contributed by atoms with van der Waals surface area (Å²) in [5, 5.41) is 0. The second-order valence-corrected chi connectivity index (χ2v) is 4.90. The lowest BCUT2D eigenvalue weighted by molar-refractivity contribution is 0.594. The molecule has 14 heavy (non-hydrogen) atoms.